The van der Waals surface area contributed by atoms with Gasteiger partial charge in [0, 0.05) is 6.54 Å². The van der Waals surface area contributed by atoms with Crippen LogP contribution in [0.4, 0.5) is 13.2 Å². The lowest BCUT2D eigenvalue weighted by Crippen LogP contribution is -2.55. The molecule has 6 nitrogen and oxygen atoms in total. The summed E-state index contributed by atoms with van der Waals surface area (Å²) in [6.45, 7) is 8.64. The van der Waals surface area contributed by atoms with Crippen molar-refractivity contribution >= 4 is 11.7 Å². The van der Waals surface area contributed by atoms with E-state index in [1.165, 1.54) is 12.1 Å². The van der Waals surface area contributed by atoms with Crippen molar-refractivity contribution in [2.45, 2.75) is 38.6 Å². The second kappa shape index (κ2) is 8.53. The van der Waals surface area contributed by atoms with Crippen LogP contribution in [0.25, 0.3) is 0 Å². The van der Waals surface area contributed by atoms with E-state index in [2.05, 4.69) is 27.0 Å². The molecule has 1 fully saturated rings. The first-order valence-electron chi connectivity index (χ1n) is 10.7. The first-order valence-corrected chi connectivity index (χ1v) is 10.7. The van der Waals surface area contributed by atoms with E-state index >= 15 is 0 Å². The predicted octanol–water partition coefficient (Wildman–Crippen LogP) is 3.72. The summed E-state index contributed by atoms with van der Waals surface area (Å²) in [5, 5.41) is 1.89. The SMILES string of the molecule is CCN1CCC(CN=C2C=CC3=NCC(C)(c4cccc(OC(F)(F)F)c4)N3N2)CC1. The Balaban J connectivity index is 1.46. The van der Waals surface area contributed by atoms with Gasteiger partial charge in [0.05, 0.1) is 6.54 Å². The van der Waals surface area contributed by atoms with Crippen molar-refractivity contribution in [3.05, 3.63) is 42.0 Å². The van der Waals surface area contributed by atoms with Crippen LogP contribution in [0.5, 0.6) is 5.75 Å². The van der Waals surface area contributed by atoms with E-state index in [4.69, 9.17) is 4.99 Å². The Kier molecular flexibility index (Phi) is 5.96. The van der Waals surface area contributed by atoms with Crippen molar-refractivity contribution in [3.63, 3.8) is 0 Å². The average Bonchev–Trinajstić information content (AvgIpc) is 3.09. The van der Waals surface area contributed by atoms with Gasteiger partial charge in [-0.3, -0.25) is 20.4 Å². The maximum atomic E-state index is 12.7. The molecule has 9 heteroatoms. The van der Waals surface area contributed by atoms with Gasteiger partial charge in [-0.05, 0) is 75.2 Å². The maximum absolute atomic E-state index is 12.7. The number of hydrogen-bond acceptors (Lipinski definition) is 5. The molecule has 0 saturated carbocycles. The Hall–Kier alpha value is -2.55. The zero-order valence-electron chi connectivity index (χ0n) is 17.8. The standard InChI is InChI=1S/C22H28F3N5O/c1-3-29-11-9-16(10-12-29)14-26-19-7-8-20-27-15-21(2,30(20)28-19)17-5-4-6-18(13-17)31-22(23,24)25/h4-8,13,16H,3,9-12,14-15H2,1-2H3,(H,26,28). The molecule has 1 atom stereocenters. The van der Waals surface area contributed by atoms with Crippen molar-refractivity contribution in [2.24, 2.45) is 15.9 Å². The minimum absolute atomic E-state index is 0.237. The molecule has 0 bridgehead atoms. The van der Waals surface area contributed by atoms with Gasteiger partial charge in [0.25, 0.3) is 0 Å². The quantitative estimate of drug-likeness (QED) is 0.766. The third-order valence-corrected chi connectivity index (χ3v) is 6.25. The van der Waals surface area contributed by atoms with Crippen LogP contribution in [0, 0.1) is 5.92 Å². The third-order valence-electron chi connectivity index (χ3n) is 6.25. The lowest BCUT2D eigenvalue weighted by Gasteiger charge is -2.39. The van der Waals surface area contributed by atoms with Crippen LogP contribution in [-0.4, -0.2) is 60.7 Å². The number of nitrogens with one attached hydrogen (secondary N) is 1. The number of halogens is 3. The Morgan fingerprint density at radius 3 is 2.74 bits per heavy atom. The number of rotatable bonds is 5. The molecule has 1 aromatic carbocycles. The average molecular weight is 435 g/mol. The molecule has 1 saturated heterocycles. The lowest BCUT2D eigenvalue weighted by molar-refractivity contribution is -0.274. The molecule has 3 aliphatic heterocycles. The van der Waals surface area contributed by atoms with Crippen LogP contribution in [-0.2, 0) is 5.54 Å². The molecule has 0 amide bonds. The van der Waals surface area contributed by atoms with Gasteiger partial charge in [-0.2, -0.15) is 0 Å². The summed E-state index contributed by atoms with van der Waals surface area (Å²) >= 11 is 0. The summed E-state index contributed by atoms with van der Waals surface area (Å²) in [4.78, 5) is 11.8. The van der Waals surface area contributed by atoms with Gasteiger partial charge in [-0.15, -0.1) is 13.2 Å². The minimum atomic E-state index is -4.73. The molecular formula is C22H28F3N5O. The molecule has 0 spiro atoms. The number of hydrazine groups is 1. The number of amidine groups is 2. The summed E-state index contributed by atoms with van der Waals surface area (Å²) in [6.07, 6.45) is 1.38. The summed E-state index contributed by atoms with van der Waals surface area (Å²) < 4.78 is 42.1. The molecule has 3 aliphatic rings. The Labute approximate surface area is 180 Å². The zero-order chi connectivity index (χ0) is 22.1. The van der Waals surface area contributed by atoms with Gasteiger partial charge < -0.3 is 9.64 Å². The highest BCUT2D eigenvalue weighted by atomic mass is 19.4. The first kappa shape index (κ1) is 21.7. The number of nitrogens with zero attached hydrogens (tertiary/aromatic N) is 4. The number of aliphatic imine (C=N–C) groups is 2. The molecular weight excluding hydrogens is 407 g/mol. The number of likely N-dealkylation sites (tertiary alicyclic amines) is 1. The fourth-order valence-corrected chi connectivity index (χ4v) is 4.29. The van der Waals surface area contributed by atoms with Crippen LogP contribution in [0.1, 0.15) is 32.3 Å². The van der Waals surface area contributed by atoms with Crippen LogP contribution in [0.2, 0.25) is 0 Å². The number of benzene rings is 1. The third kappa shape index (κ3) is 4.87. The monoisotopic (exact) mass is 435 g/mol. The largest absolute Gasteiger partial charge is 0.573 e. The summed E-state index contributed by atoms with van der Waals surface area (Å²) in [5.74, 6) is 1.81. The van der Waals surface area contributed by atoms with Crippen LogP contribution >= 0.6 is 0 Å². The van der Waals surface area contributed by atoms with Crippen LogP contribution in [0.15, 0.2) is 46.4 Å². The summed E-state index contributed by atoms with van der Waals surface area (Å²) in [6, 6.07) is 6.08. The molecule has 1 N–H and O–H groups in total. The van der Waals surface area contributed by atoms with E-state index in [9.17, 15) is 13.2 Å². The second-order valence-corrected chi connectivity index (χ2v) is 8.41. The molecule has 4 rings (SSSR count). The Bertz CT molecular complexity index is 889. The molecule has 1 unspecified atom stereocenters. The predicted molar refractivity (Wildman–Crippen MR) is 114 cm³/mol. The molecule has 0 radical (unpaired) electrons. The second-order valence-electron chi connectivity index (χ2n) is 8.41. The van der Waals surface area contributed by atoms with E-state index in [-0.39, 0.29) is 5.75 Å². The molecule has 0 aromatic heterocycles. The van der Waals surface area contributed by atoms with E-state index in [0.29, 0.717) is 18.0 Å². The van der Waals surface area contributed by atoms with Gasteiger partial charge in [-0.25, -0.2) is 0 Å². The van der Waals surface area contributed by atoms with Crippen LogP contribution in [0.3, 0.4) is 0 Å². The topological polar surface area (TPSA) is 52.5 Å². The number of fused-ring (bicyclic) bond motifs is 1. The van der Waals surface area contributed by atoms with E-state index in [1.54, 1.807) is 12.1 Å². The highest BCUT2D eigenvalue weighted by Gasteiger charge is 2.42. The van der Waals surface area contributed by atoms with Gasteiger partial charge >= 0.3 is 6.36 Å². The van der Waals surface area contributed by atoms with Gasteiger partial charge in [0.2, 0.25) is 0 Å². The fourth-order valence-electron chi connectivity index (χ4n) is 4.29. The van der Waals surface area contributed by atoms with Crippen molar-refractivity contribution in [1.29, 1.82) is 0 Å². The van der Waals surface area contributed by atoms with Crippen LogP contribution < -0.4 is 10.2 Å². The Morgan fingerprint density at radius 1 is 1.26 bits per heavy atom. The van der Waals surface area contributed by atoms with E-state index in [0.717, 1.165) is 50.7 Å². The number of piperidine rings is 1. The van der Waals surface area contributed by atoms with Gasteiger partial charge in [0.1, 0.15) is 23.0 Å². The van der Waals surface area contributed by atoms with E-state index < -0.39 is 11.9 Å². The highest BCUT2D eigenvalue weighted by molar-refractivity contribution is 6.07. The first-order chi connectivity index (χ1) is 14.8. The zero-order valence-corrected chi connectivity index (χ0v) is 17.8. The van der Waals surface area contributed by atoms with Gasteiger partial charge in [0.15, 0.2) is 0 Å². The number of ether oxygens (including phenoxy) is 1. The summed E-state index contributed by atoms with van der Waals surface area (Å²) in [7, 11) is 0. The molecule has 168 valence electrons. The van der Waals surface area contributed by atoms with Crippen molar-refractivity contribution in [1.82, 2.24) is 15.3 Å². The van der Waals surface area contributed by atoms with Crippen molar-refractivity contribution in [2.75, 3.05) is 32.7 Å². The molecule has 3 heterocycles. The number of alkyl halides is 3. The molecule has 0 aliphatic carbocycles. The summed E-state index contributed by atoms with van der Waals surface area (Å²) in [5.41, 5.74) is 3.35. The highest BCUT2D eigenvalue weighted by Crippen LogP contribution is 2.36. The number of hydrogen-bond donors (Lipinski definition) is 1. The van der Waals surface area contributed by atoms with E-state index in [1.807, 2.05) is 24.1 Å². The van der Waals surface area contributed by atoms with Crippen molar-refractivity contribution < 1.29 is 17.9 Å². The molecule has 1 aromatic rings. The fraction of sp³-hybridized carbons (Fsp3) is 0.545. The maximum Gasteiger partial charge on any atom is 0.573 e. The minimum Gasteiger partial charge on any atom is -0.406 e. The smallest absolute Gasteiger partial charge is 0.406 e. The normalized spacial score (nSPS) is 26.0. The Morgan fingerprint density at radius 2 is 2.03 bits per heavy atom. The lowest BCUT2D eigenvalue weighted by atomic mass is 9.91. The van der Waals surface area contributed by atoms with Crippen molar-refractivity contribution in [3.8, 4) is 5.75 Å². The van der Waals surface area contributed by atoms with Gasteiger partial charge in [-0.1, -0.05) is 19.1 Å². The molecule has 31 heavy (non-hydrogen) atoms.